The van der Waals surface area contributed by atoms with E-state index in [1.54, 1.807) is 7.11 Å². The van der Waals surface area contributed by atoms with Gasteiger partial charge in [-0.05, 0) is 36.6 Å². The van der Waals surface area contributed by atoms with Crippen LogP contribution in [0.5, 0.6) is 5.75 Å². The van der Waals surface area contributed by atoms with Crippen molar-refractivity contribution in [3.05, 3.63) is 30.5 Å². The second kappa shape index (κ2) is 5.05. The molecule has 1 aromatic carbocycles. The number of anilines is 1. The zero-order valence-corrected chi connectivity index (χ0v) is 11.4. The highest BCUT2D eigenvalue weighted by Gasteiger charge is 2.21. The third-order valence-electron chi connectivity index (χ3n) is 3.87. The molecule has 1 unspecified atom stereocenters. The first-order valence-corrected chi connectivity index (χ1v) is 6.66. The Kier molecular flexibility index (Phi) is 3.25. The smallest absolute Gasteiger partial charge is 0.136 e. The molecular weight excluding hydrogens is 238 g/mol. The largest absolute Gasteiger partial charge is 0.497 e. The van der Waals surface area contributed by atoms with Crippen molar-refractivity contribution in [2.45, 2.75) is 12.5 Å². The second-order valence-corrected chi connectivity index (χ2v) is 4.98. The Hall–Kier alpha value is -1.81. The fourth-order valence-corrected chi connectivity index (χ4v) is 2.68. The van der Waals surface area contributed by atoms with E-state index in [0.29, 0.717) is 6.04 Å². The van der Waals surface area contributed by atoms with E-state index in [1.807, 2.05) is 18.3 Å². The van der Waals surface area contributed by atoms with Gasteiger partial charge < -0.3 is 15.0 Å². The van der Waals surface area contributed by atoms with Crippen molar-refractivity contribution < 1.29 is 4.74 Å². The Bertz CT molecular complexity index is 579. The van der Waals surface area contributed by atoms with Crippen molar-refractivity contribution in [3.8, 4) is 5.75 Å². The maximum Gasteiger partial charge on any atom is 0.136 e. The van der Waals surface area contributed by atoms with Gasteiger partial charge in [-0.25, -0.2) is 4.98 Å². The van der Waals surface area contributed by atoms with Gasteiger partial charge in [-0.1, -0.05) is 6.07 Å². The first-order valence-electron chi connectivity index (χ1n) is 6.66. The Morgan fingerprint density at radius 3 is 3.00 bits per heavy atom. The van der Waals surface area contributed by atoms with Crippen LogP contribution in [0, 0.1) is 0 Å². The molecule has 1 aromatic heterocycles. The molecule has 0 saturated carbocycles. The first kappa shape index (κ1) is 12.2. The molecule has 0 radical (unpaired) electrons. The third-order valence-corrected chi connectivity index (χ3v) is 3.87. The maximum absolute atomic E-state index is 5.32. The second-order valence-electron chi connectivity index (χ2n) is 4.98. The minimum Gasteiger partial charge on any atom is -0.497 e. The van der Waals surface area contributed by atoms with Crippen LogP contribution in [0.15, 0.2) is 30.5 Å². The third kappa shape index (κ3) is 2.24. The van der Waals surface area contributed by atoms with E-state index in [0.717, 1.165) is 30.0 Å². The number of fused-ring (bicyclic) bond motifs is 1. The van der Waals surface area contributed by atoms with Crippen molar-refractivity contribution >= 4 is 16.6 Å². The summed E-state index contributed by atoms with van der Waals surface area (Å²) in [6, 6.07) is 8.70. The van der Waals surface area contributed by atoms with Crippen molar-refractivity contribution in [2.75, 3.05) is 32.1 Å². The molecular formula is C15H19N3O. The number of hydrogen-bond donors (Lipinski definition) is 1. The van der Waals surface area contributed by atoms with Crippen LogP contribution in [0.3, 0.4) is 0 Å². The summed E-state index contributed by atoms with van der Waals surface area (Å²) in [6.45, 7) is 2.11. The molecule has 4 heteroatoms. The van der Waals surface area contributed by atoms with Gasteiger partial charge in [0.05, 0.1) is 7.11 Å². The molecule has 0 spiro atoms. The van der Waals surface area contributed by atoms with Crippen molar-refractivity contribution in [1.82, 2.24) is 10.3 Å². The van der Waals surface area contributed by atoms with Gasteiger partial charge in [0, 0.05) is 31.2 Å². The Balaban J connectivity index is 2.06. The van der Waals surface area contributed by atoms with Crippen LogP contribution >= 0.6 is 0 Å². The van der Waals surface area contributed by atoms with Gasteiger partial charge in [0.1, 0.15) is 11.6 Å². The van der Waals surface area contributed by atoms with Crippen molar-refractivity contribution in [3.63, 3.8) is 0 Å². The Morgan fingerprint density at radius 2 is 2.26 bits per heavy atom. The molecule has 1 N–H and O–H groups in total. The molecule has 0 aliphatic carbocycles. The minimum absolute atomic E-state index is 0.518. The standard InChI is InChI=1S/C15H19N3O/c1-18(12-6-7-16-10-12)15-14-9-13(19-2)4-3-11(14)5-8-17-15/h3-5,8-9,12,16H,6-7,10H2,1-2H3. The summed E-state index contributed by atoms with van der Waals surface area (Å²) >= 11 is 0. The summed E-state index contributed by atoms with van der Waals surface area (Å²) in [7, 11) is 3.82. The number of aromatic nitrogens is 1. The molecule has 4 nitrogen and oxygen atoms in total. The highest BCUT2D eigenvalue weighted by atomic mass is 16.5. The van der Waals surface area contributed by atoms with Crippen LogP contribution < -0.4 is 15.0 Å². The van der Waals surface area contributed by atoms with E-state index in [9.17, 15) is 0 Å². The summed E-state index contributed by atoms with van der Waals surface area (Å²) in [5, 5.41) is 5.75. The SMILES string of the molecule is COc1ccc2ccnc(N(C)C3CCNC3)c2c1. The quantitative estimate of drug-likeness (QED) is 0.913. The van der Waals surface area contributed by atoms with Crippen LogP contribution in [-0.4, -0.2) is 38.3 Å². The lowest BCUT2D eigenvalue weighted by molar-refractivity contribution is 0.415. The van der Waals surface area contributed by atoms with Gasteiger partial charge in [0.25, 0.3) is 0 Å². The molecule has 3 rings (SSSR count). The average molecular weight is 257 g/mol. The van der Waals surface area contributed by atoms with E-state index >= 15 is 0 Å². The molecule has 0 amide bonds. The zero-order chi connectivity index (χ0) is 13.2. The van der Waals surface area contributed by atoms with Crippen molar-refractivity contribution in [1.29, 1.82) is 0 Å². The number of likely N-dealkylation sites (N-methyl/N-ethyl adjacent to an activating group) is 1. The summed E-state index contributed by atoms with van der Waals surface area (Å²) in [5.41, 5.74) is 0. The van der Waals surface area contributed by atoms with Gasteiger partial charge in [-0.3, -0.25) is 0 Å². The number of hydrogen-bond acceptors (Lipinski definition) is 4. The number of nitrogens with zero attached hydrogens (tertiary/aromatic N) is 2. The molecule has 1 atom stereocenters. The lowest BCUT2D eigenvalue weighted by atomic mass is 10.1. The molecule has 1 aliphatic rings. The minimum atomic E-state index is 0.518. The van der Waals surface area contributed by atoms with Crippen LogP contribution in [0.25, 0.3) is 10.8 Å². The predicted octanol–water partition coefficient (Wildman–Crippen LogP) is 2.04. The van der Waals surface area contributed by atoms with E-state index < -0.39 is 0 Å². The Morgan fingerprint density at radius 1 is 1.37 bits per heavy atom. The fourth-order valence-electron chi connectivity index (χ4n) is 2.68. The molecule has 19 heavy (non-hydrogen) atoms. The summed E-state index contributed by atoms with van der Waals surface area (Å²) < 4.78 is 5.32. The van der Waals surface area contributed by atoms with E-state index in [-0.39, 0.29) is 0 Å². The van der Waals surface area contributed by atoms with E-state index in [1.165, 1.54) is 11.8 Å². The van der Waals surface area contributed by atoms with E-state index in [4.69, 9.17) is 4.74 Å². The van der Waals surface area contributed by atoms with Crippen LogP contribution in [0.1, 0.15) is 6.42 Å². The molecule has 0 bridgehead atoms. The maximum atomic E-state index is 5.32. The molecule has 100 valence electrons. The number of methoxy groups -OCH3 is 1. The summed E-state index contributed by atoms with van der Waals surface area (Å²) in [4.78, 5) is 6.85. The monoisotopic (exact) mass is 257 g/mol. The molecule has 1 aliphatic heterocycles. The molecule has 2 aromatic rings. The van der Waals surface area contributed by atoms with Crippen LogP contribution in [0.2, 0.25) is 0 Å². The summed E-state index contributed by atoms with van der Waals surface area (Å²) in [5.74, 6) is 1.91. The number of ether oxygens (including phenoxy) is 1. The number of rotatable bonds is 3. The van der Waals surface area contributed by atoms with Gasteiger partial charge in [0.2, 0.25) is 0 Å². The van der Waals surface area contributed by atoms with E-state index in [2.05, 4.69) is 34.4 Å². The molecule has 1 fully saturated rings. The van der Waals surface area contributed by atoms with Crippen LogP contribution in [-0.2, 0) is 0 Å². The van der Waals surface area contributed by atoms with Gasteiger partial charge in [0.15, 0.2) is 0 Å². The lowest BCUT2D eigenvalue weighted by Gasteiger charge is -2.26. The Labute approximate surface area is 113 Å². The lowest BCUT2D eigenvalue weighted by Crippen LogP contribution is -2.34. The fraction of sp³-hybridized carbons (Fsp3) is 0.400. The molecule has 2 heterocycles. The topological polar surface area (TPSA) is 37.4 Å². The number of pyridine rings is 1. The van der Waals surface area contributed by atoms with Crippen LogP contribution in [0.4, 0.5) is 5.82 Å². The van der Waals surface area contributed by atoms with Crippen molar-refractivity contribution in [2.24, 2.45) is 0 Å². The van der Waals surface area contributed by atoms with Gasteiger partial charge in [-0.15, -0.1) is 0 Å². The van der Waals surface area contributed by atoms with Gasteiger partial charge in [-0.2, -0.15) is 0 Å². The van der Waals surface area contributed by atoms with Gasteiger partial charge >= 0.3 is 0 Å². The normalized spacial score (nSPS) is 18.7. The molecule has 1 saturated heterocycles. The summed E-state index contributed by atoms with van der Waals surface area (Å²) in [6.07, 6.45) is 3.04. The number of nitrogens with one attached hydrogen (secondary N) is 1. The average Bonchev–Trinajstić information content (AvgIpc) is 2.99. The first-order chi connectivity index (χ1) is 9.29. The number of benzene rings is 1. The highest BCUT2D eigenvalue weighted by molar-refractivity contribution is 5.93. The predicted molar refractivity (Wildman–Crippen MR) is 78.0 cm³/mol. The zero-order valence-electron chi connectivity index (χ0n) is 11.4. The highest BCUT2D eigenvalue weighted by Crippen LogP contribution is 2.29.